The Hall–Kier alpha value is -2.45. The highest BCUT2D eigenvalue weighted by Crippen LogP contribution is 2.27. The Labute approximate surface area is 132 Å². The molecular formula is C14H12N4O2S2. The first kappa shape index (κ1) is 14.5. The minimum atomic E-state index is -3.73. The van der Waals surface area contributed by atoms with E-state index in [1.54, 1.807) is 0 Å². The highest BCUT2D eigenvalue weighted by atomic mass is 32.2. The maximum absolute atomic E-state index is 12.4. The molecule has 0 bridgehead atoms. The number of anilines is 2. The first-order chi connectivity index (χ1) is 10.6. The van der Waals surface area contributed by atoms with Crippen LogP contribution in [0.25, 0.3) is 11.3 Å². The van der Waals surface area contributed by atoms with Crippen LogP contribution in [0.1, 0.15) is 0 Å². The molecule has 0 amide bonds. The van der Waals surface area contributed by atoms with Gasteiger partial charge in [-0.05, 0) is 24.3 Å². The number of nitrogens with two attached hydrogens (primary N) is 1. The van der Waals surface area contributed by atoms with E-state index < -0.39 is 10.0 Å². The summed E-state index contributed by atoms with van der Waals surface area (Å²) in [5.41, 5.74) is 7.37. The van der Waals surface area contributed by atoms with Crippen LogP contribution in [0.4, 0.5) is 11.5 Å². The molecule has 22 heavy (non-hydrogen) atoms. The van der Waals surface area contributed by atoms with E-state index in [0.29, 0.717) is 11.4 Å². The number of nitrogens with zero attached hydrogens (tertiary/aromatic N) is 2. The molecule has 3 rings (SSSR count). The van der Waals surface area contributed by atoms with E-state index in [4.69, 9.17) is 5.73 Å². The quantitative estimate of drug-likeness (QED) is 0.716. The first-order valence-corrected chi connectivity index (χ1v) is 8.54. The van der Waals surface area contributed by atoms with E-state index in [-0.39, 0.29) is 10.7 Å². The van der Waals surface area contributed by atoms with E-state index in [9.17, 15) is 8.42 Å². The summed E-state index contributed by atoms with van der Waals surface area (Å²) in [4.78, 5) is 0.119. The van der Waals surface area contributed by atoms with Crippen LogP contribution in [0.15, 0.2) is 59.5 Å². The van der Waals surface area contributed by atoms with Crippen LogP contribution in [0, 0.1) is 0 Å². The number of hydrogen-bond donors (Lipinski definition) is 2. The summed E-state index contributed by atoms with van der Waals surface area (Å²) in [5.74, 6) is 0.216. The number of hydrogen-bond acceptors (Lipinski definition) is 6. The first-order valence-electron chi connectivity index (χ1n) is 6.32. The summed E-state index contributed by atoms with van der Waals surface area (Å²) in [6, 6.07) is 15.2. The molecule has 3 N–H and O–H groups in total. The van der Waals surface area contributed by atoms with Gasteiger partial charge >= 0.3 is 0 Å². The van der Waals surface area contributed by atoms with Gasteiger partial charge in [0.2, 0.25) is 0 Å². The lowest BCUT2D eigenvalue weighted by atomic mass is 10.2. The molecule has 0 saturated carbocycles. The van der Waals surface area contributed by atoms with Gasteiger partial charge in [0, 0.05) is 11.3 Å². The summed E-state index contributed by atoms with van der Waals surface area (Å²) in [7, 11) is -3.73. The van der Waals surface area contributed by atoms with E-state index in [1.807, 2.05) is 30.3 Å². The van der Waals surface area contributed by atoms with Crippen molar-refractivity contribution in [1.29, 1.82) is 0 Å². The van der Waals surface area contributed by atoms with Crippen LogP contribution in [0.5, 0.6) is 0 Å². The van der Waals surface area contributed by atoms with Crippen molar-refractivity contribution in [2.45, 2.75) is 4.90 Å². The van der Waals surface area contributed by atoms with Crippen LogP contribution in [-0.4, -0.2) is 17.2 Å². The van der Waals surface area contributed by atoms with E-state index >= 15 is 0 Å². The Morgan fingerprint density at radius 1 is 0.955 bits per heavy atom. The van der Waals surface area contributed by atoms with Crippen LogP contribution in [-0.2, 0) is 10.0 Å². The summed E-state index contributed by atoms with van der Waals surface area (Å²) in [6.45, 7) is 0. The van der Waals surface area contributed by atoms with Gasteiger partial charge in [0.1, 0.15) is 5.69 Å². The van der Waals surface area contributed by atoms with E-state index in [1.165, 1.54) is 24.3 Å². The Kier molecular flexibility index (Phi) is 3.78. The van der Waals surface area contributed by atoms with Crippen molar-refractivity contribution in [2.75, 3.05) is 10.5 Å². The molecule has 1 aromatic heterocycles. The lowest BCUT2D eigenvalue weighted by Gasteiger charge is -2.07. The summed E-state index contributed by atoms with van der Waals surface area (Å²) in [5, 5.41) is 0. The topological polar surface area (TPSA) is 98.0 Å². The van der Waals surface area contributed by atoms with Crippen LogP contribution in [0.3, 0.4) is 0 Å². The average molecular weight is 332 g/mol. The molecular weight excluding hydrogens is 320 g/mol. The van der Waals surface area contributed by atoms with Gasteiger partial charge in [0.05, 0.1) is 16.6 Å². The maximum Gasteiger partial charge on any atom is 0.263 e. The lowest BCUT2D eigenvalue weighted by Crippen LogP contribution is -2.13. The number of benzene rings is 2. The molecule has 8 heteroatoms. The predicted octanol–water partition coefficient (Wildman–Crippen LogP) is 2.59. The zero-order valence-corrected chi connectivity index (χ0v) is 12.9. The highest BCUT2D eigenvalue weighted by Gasteiger charge is 2.19. The standard InChI is InChI=1S/C14H12N4O2S2/c15-11-6-8-12(9-7-11)22(19,20)18-14-13(16-21-17-14)10-4-2-1-3-5-10/h1-9H,15H2,(H,17,18). The fourth-order valence-electron chi connectivity index (χ4n) is 1.87. The monoisotopic (exact) mass is 332 g/mol. The zero-order valence-electron chi connectivity index (χ0n) is 11.3. The molecule has 0 aliphatic rings. The molecule has 0 aliphatic heterocycles. The van der Waals surface area contributed by atoms with Gasteiger partial charge in [0.25, 0.3) is 10.0 Å². The van der Waals surface area contributed by atoms with Crippen molar-refractivity contribution < 1.29 is 8.42 Å². The molecule has 0 unspecified atom stereocenters. The predicted molar refractivity (Wildman–Crippen MR) is 87.0 cm³/mol. The molecule has 112 valence electrons. The summed E-state index contributed by atoms with van der Waals surface area (Å²) in [6.07, 6.45) is 0. The molecule has 0 fully saturated rings. The molecule has 0 spiro atoms. The fraction of sp³-hybridized carbons (Fsp3) is 0. The van der Waals surface area contributed by atoms with Crippen molar-refractivity contribution in [3.8, 4) is 11.3 Å². The second-order valence-electron chi connectivity index (χ2n) is 4.50. The Morgan fingerprint density at radius 2 is 1.64 bits per heavy atom. The SMILES string of the molecule is Nc1ccc(S(=O)(=O)Nc2nsnc2-c2ccccc2)cc1. The zero-order chi connectivity index (χ0) is 15.6. The Balaban J connectivity index is 1.94. The maximum atomic E-state index is 12.4. The third kappa shape index (κ3) is 2.92. The molecule has 6 nitrogen and oxygen atoms in total. The highest BCUT2D eigenvalue weighted by molar-refractivity contribution is 7.92. The van der Waals surface area contributed by atoms with Gasteiger partial charge in [-0.2, -0.15) is 8.75 Å². The van der Waals surface area contributed by atoms with Crippen LogP contribution in [0.2, 0.25) is 0 Å². The van der Waals surface area contributed by atoms with Gasteiger partial charge in [0.15, 0.2) is 5.82 Å². The largest absolute Gasteiger partial charge is 0.399 e. The van der Waals surface area contributed by atoms with Gasteiger partial charge in [-0.15, -0.1) is 0 Å². The smallest absolute Gasteiger partial charge is 0.263 e. The second-order valence-corrected chi connectivity index (χ2v) is 6.71. The minimum absolute atomic E-state index is 0.119. The van der Waals surface area contributed by atoms with Gasteiger partial charge in [-0.25, -0.2) is 8.42 Å². The molecule has 0 aliphatic carbocycles. The fourth-order valence-corrected chi connectivity index (χ4v) is 3.47. The average Bonchev–Trinajstić information content (AvgIpc) is 2.96. The van der Waals surface area contributed by atoms with Crippen molar-refractivity contribution in [3.05, 3.63) is 54.6 Å². The minimum Gasteiger partial charge on any atom is -0.399 e. The number of sulfonamides is 1. The molecule has 2 aromatic carbocycles. The summed E-state index contributed by atoms with van der Waals surface area (Å²) >= 11 is 0.952. The van der Waals surface area contributed by atoms with Crippen molar-refractivity contribution in [2.24, 2.45) is 0 Å². The summed E-state index contributed by atoms with van der Waals surface area (Å²) < 4.78 is 35.4. The Bertz CT molecular complexity index is 875. The van der Waals surface area contributed by atoms with Crippen molar-refractivity contribution in [1.82, 2.24) is 8.75 Å². The molecule has 3 aromatic rings. The van der Waals surface area contributed by atoms with Crippen LogP contribution < -0.4 is 10.5 Å². The molecule has 0 saturated heterocycles. The van der Waals surface area contributed by atoms with Gasteiger partial charge in [-0.1, -0.05) is 30.3 Å². The number of rotatable bonds is 4. The van der Waals surface area contributed by atoms with E-state index in [0.717, 1.165) is 17.3 Å². The van der Waals surface area contributed by atoms with Crippen molar-refractivity contribution in [3.63, 3.8) is 0 Å². The molecule has 1 heterocycles. The number of nitrogens with one attached hydrogen (secondary N) is 1. The van der Waals surface area contributed by atoms with Crippen molar-refractivity contribution >= 4 is 33.3 Å². The number of aromatic nitrogens is 2. The molecule has 0 atom stereocenters. The lowest BCUT2D eigenvalue weighted by molar-refractivity contribution is 0.601. The Morgan fingerprint density at radius 3 is 2.32 bits per heavy atom. The third-order valence-corrected chi connectivity index (χ3v) is 4.84. The third-order valence-electron chi connectivity index (χ3n) is 2.96. The van der Waals surface area contributed by atoms with E-state index in [2.05, 4.69) is 13.5 Å². The second kappa shape index (κ2) is 5.74. The molecule has 0 radical (unpaired) electrons. The number of nitrogen functional groups attached to an aromatic ring is 1. The van der Waals surface area contributed by atoms with Crippen LogP contribution >= 0.6 is 11.7 Å². The normalized spacial score (nSPS) is 11.3. The van der Waals surface area contributed by atoms with Gasteiger partial charge in [-0.3, -0.25) is 4.72 Å². The van der Waals surface area contributed by atoms with Gasteiger partial charge < -0.3 is 5.73 Å².